The molecule has 0 bridgehead atoms. The third-order valence-electron chi connectivity index (χ3n) is 4.30. The Hall–Kier alpha value is -2.97. The van der Waals surface area contributed by atoms with E-state index in [0.29, 0.717) is 5.75 Å². The van der Waals surface area contributed by atoms with Crippen LogP contribution in [0.1, 0.15) is 11.1 Å². The van der Waals surface area contributed by atoms with Gasteiger partial charge >= 0.3 is 0 Å². The number of carbonyl (C=O) groups is 2. The van der Waals surface area contributed by atoms with E-state index in [2.05, 4.69) is 32.1 Å². The maximum atomic E-state index is 12.2. The van der Waals surface area contributed by atoms with E-state index in [-0.39, 0.29) is 24.0 Å². The summed E-state index contributed by atoms with van der Waals surface area (Å²) in [4.78, 5) is 24.2. The van der Waals surface area contributed by atoms with Crippen molar-refractivity contribution >= 4 is 55.8 Å². The molecule has 0 spiro atoms. The number of ether oxygens (including phenoxy) is 1. The number of hydrogen-bond donors (Lipinski definition) is 3. The first kappa shape index (κ1) is 21.7. The second-order valence-electron chi connectivity index (χ2n) is 6.56. The molecule has 3 aromatic carbocycles. The summed E-state index contributed by atoms with van der Waals surface area (Å²) in [6.45, 7) is 1.68. The van der Waals surface area contributed by atoms with Crippen LogP contribution in [-0.4, -0.2) is 23.5 Å². The summed E-state index contributed by atoms with van der Waals surface area (Å²) < 4.78 is 6.42. The van der Waals surface area contributed by atoms with Gasteiger partial charge in [-0.3, -0.25) is 25.8 Å². The smallest absolute Gasteiger partial charge is 0.264 e. The minimum atomic E-state index is -0.432. The molecule has 8 heteroatoms. The van der Waals surface area contributed by atoms with Gasteiger partial charge in [0, 0.05) is 4.47 Å². The molecule has 3 aromatic rings. The van der Waals surface area contributed by atoms with Crippen molar-refractivity contribution in [2.75, 3.05) is 6.61 Å². The highest BCUT2D eigenvalue weighted by Gasteiger charge is 2.10. The zero-order valence-electron chi connectivity index (χ0n) is 16.2. The van der Waals surface area contributed by atoms with Crippen molar-refractivity contribution in [1.29, 1.82) is 0 Å². The van der Waals surface area contributed by atoms with Gasteiger partial charge in [0.1, 0.15) is 5.75 Å². The molecule has 0 aliphatic carbocycles. The second-order valence-corrected chi connectivity index (χ2v) is 7.89. The van der Waals surface area contributed by atoms with Crippen LogP contribution in [0.15, 0.2) is 65.1 Å². The largest absolute Gasteiger partial charge is 0.483 e. The molecule has 2 amide bonds. The molecule has 0 aromatic heterocycles. The lowest BCUT2D eigenvalue weighted by Gasteiger charge is -2.13. The topological polar surface area (TPSA) is 79.5 Å². The van der Waals surface area contributed by atoms with E-state index in [9.17, 15) is 9.59 Å². The summed E-state index contributed by atoms with van der Waals surface area (Å²) in [6.07, 6.45) is 0.177. The van der Waals surface area contributed by atoms with Crippen LogP contribution in [-0.2, 0) is 16.0 Å². The fourth-order valence-corrected chi connectivity index (χ4v) is 3.54. The van der Waals surface area contributed by atoms with Gasteiger partial charge in [0.25, 0.3) is 5.91 Å². The highest BCUT2D eigenvalue weighted by molar-refractivity contribution is 9.10. The third kappa shape index (κ3) is 6.01. The maximum absolute atomic E-state index is 12.2. The summed E-state index contributed by atoms with van der Waals surface area (Å²) in [5.41, 5.74) is 6.84. The van der Waals surface area contributed by atoms with Gasteiger partial charge in [-0.05, 0) is 59.2 Å². The van der Waals surface area contributed by atoms with Crippen LogP contribution in [0, 0.1) is 6.92 Å². The van der Waals surface area contributed by atoms with Crippen molar-refractivity contribution in [2.24, 2.45) is 0 Å². The molecule has 30 heavy (non-hydrogen) atoms. The summed E-state index contributed by atoms with van der Waals surface area (Å²) in [6, 6.07) is 19.2. The molecule has 0 fully saturated rings. The fourth-order valence-electron chi connectivity index (χ4n) is 2.90. The van der Waals surface area contributed by atoms with Crippen LogP contribution in [0.4, 0.5) is 0 Å². The van der Waals surface area contributed by atoms with Gasteiger partial charge in [0.2, 0.25) is 5.91 Å². The number of halogens is 1. The monoisotopic (exact) mass is 485 g/mol. The molecule has 3 N–H and O–H groups in total. The Kier molecular flexibility index (Phi) is 7.37. The van der Waals surface area contributed by atoms with Gasteiger partial charge in [-0.2, -0.15) is 0 Å². The average molecular weight is 486 g/mol. The minimum absolute atomic E-state index is 0.0117. The normalized spacial score (nSPS) is 10.3. The molecule has 6 nitrogen and oxygen atoms in total. The van der Waals surface area contributed by atoms with Crippen molar-refractivity contribution in [3.8, 4) is 5.75 Å². The zero-order chi connectivity index (χ0) is 21.5. The predicted molar refractivity (Wildman–Crippen MR) is 124 cm³/mol. The summed E-state index contributed by atoms with van der Waals surface area (Å²) in [7, 11) is 0. The van der Waals surface area contributed by atoms with Gasteiger partial charge in [-0.25, -0.2) is 0 Å². The first-order valence-corrected chi connectivity index (χ1v) is 10.4. The van der Waals surface area contributed by atoms with Crippen molar-refractivity contribution in [3.05, 3.63) is 76.3 Å². The number of carbonyl (C=O) groups excluding carboxylic acids is 2. The van der Waals surface area contributed by atoms with Crippen LogP contribution < -0.4 is 20.9 Å². The Labute approximate surface area is 188 Å². The van der Waals surface area contributed by atoms with Gasteiger partial charge in [-0.15, -0.1) is 0 Å². The molecule has 0 radical (unpaired) electrons. The summed E-state index contributed by atoms with van der Waals surface area (Å²) in [5.74, 6) is -0.0987. The molecule has 0 unspecified atom stereocenters. The van der Waals surface area contributed by atoms with Gasteiger partial charge in [-0.1, -0.05) is 58.4 Å². The Bertz CT molecular complexity index is 1100. The van der Waals surface area contributed by atoms with Crippen LogP contribution >= 0.6 is 28.1 Å². The number of amides is 2. The molecular weight excluding hydrogens is 466 g/mol. The number of fused-ring (bicyclic) bond motifs is 1. The quantitative estimate of drug-likeness (QED) is 0.380. The van der Waals surface area contributed by atoms with E-state index in [1.165, 1.54) is 0 Å². The number of hydrogen-bond acceptors (Lipinski definition) is 4. The molecule has 3 rings (SSSR count). The van der Waals surface area contributed by atoms with Crippen LogP contribution in [0.2, 0.25) is 0 Å². The number of thiocarbonyl (C=S) groups is 1. The summed E-state index contributed by atoms with van der Waals surface area (Å²) >= 11 is 8.42. The van der Waals surface area contributed by atoms with Crippen molar-refractivity contribution in [3.63, 3.8) is 0 Å². The van der Waals surface area contributed by atoms with E-state index >= 15 is 0 Å². The van der Waals surface area contributed by atoms with Gasteiger partial charge in [0.15, 0.2) is 11.7 Å². The summed E-state index contributed by atoms with van der Waals surface area (Å²) in [5, 5.41) is 4.54. The zero-order valence-corrected chi connectivity index (χ0v) is 18.6. The number of benzene rings is 3. The van der Waals surface area contributed by atoms with Crippen molar-refractivity contribution in [1.82, 2.24) is 16.2 Å². The highest BCUT2D eigenvalue weighted by atomic mass is 79.9. The van der Waals surface area contributed by atoms with E-state index in [1.54, 1.807) is 6.07 Å². The molecule has 0 aliphatic heterocycles. The fraction of sp³-hybridized carbons (Fsp3) is 0.136. The van der Waals surface area contributed by atoms with Crippen molar-refractivity contribution in [2.45, 2.75) is 13.3 Å². The van der Waals surface area contributed by atoms with Gasteiger partial charge in [0.05, 0.1) is 6.42 Å². The lowest BCUT2D eigenvalue weighted by Crippen LogP contribution is -2.49. The van der Waals surface area contributed by atoms with Crippen LogP contribution in [0.5, 0.6) is 5.75 Å². The highest BCUT2D eigenvalue weighted by Crippen LogP contribution is 2.22. The Balaban J connectivity index is 1.44. The lowest BCUT2D eigenvalue weighted by atomic mass is 10.0. The first-order valence-electron chi connectivity index (χ1n) is 9.16. The number of aryl methyl sites for hydroxylation is 1. The van der Waals surface area contributed by atoms with Crippen LogP contribution in [0.3, 0.4) is 0 Å². The maximum Gasteiger partial charge on any atom is 0.264 e. The van der Waals surface area contributed by atoms with Crippen molar-refractivity contribution < 1.29 is 14.3 Å². The molecular formula is C22H20BrN3O3S. The lowest BCUT2D eigenvalue weighted by molar-refractivity contribution is -0.122. The molecule has 0 aliphatic rings. The molecule has 0 saturated carbocycles. The van der Waals surface area contributed by atoms with E-state index in [4.69, 9.17) is 17.0 Å². The minimum Gasteiger partial charge on any atom is -0.483 e. The van der Waals surface area contributed by atoms with E-state index in [1.807, 2.05) is 61.5 Å². The number of hydrazine groups is 1. The molecule has 0 heterocycles. The number of rotatable bonds is 5. The van der Waals surface area contributed by atoms with Gasteiger partial charge < -0.3 is 4.74 Å². The SMILES string of the molecule is Cc1cc(Br)ccc1OCC(=O)NC(=S)NNC(=O)Cc1cccc2ccccc12. The molecule has 0 saturated heterocycles. The Morgan fingerprint density at radius 1 is 1.00 bits per heavy atom. The Morgan fingerprint density at radius 2 is 1.77 bits per heavy atom. The van der Waals surface area contributed by atoms with Crippen LogP contribution in [0.25, 0.3) is 10.8 Å². The predicted octanol–water partition coefficient (Wildman–Crippen LogP) is 3.55. The second kappa shape index (κ2) is 10.2. The molecule has 0 atom stereocenters. The average Bonchev–Trinajstić information content (AvgIpc) is 2.72. The number of nitrogens with one attached hydrogen (secondary N) is 3. The van der Waals surface area contributed by atoms with E-state index in [0.717, 1.165) is 26.4 Å². The van der Waals surface area contributed by atoms with E-state index < -0.39 is 5.91 Å². The standard InChI is InChI=1S/C22H20BrN3O3S/c1-14-11-17(23)9-10-19(14)29-13-21(28)24-22(30)26-25-20(27)12-16-7-4-6-15-5-2-3-8-18(15)16/h2-11H,12-13H2,1H3,(H,25,27)(H2,24,26,28,30). The first-order chi connectivity index (χ1) is 14.4. The molecule has 154 valence electrons. The Morgan fingerprint density at radius 3 is 2.57 bits per heavy atom. The third-order valence-corrected chi connectivity index (χ3v) is 4.99.